The second-order valence-corrected chi connectivity index (χ2v) is 12.8. The number of hydrogen-bond donors (Lipinski definition) is 3. The summed E-state index contributed by atoms with van der Waals surface area (Å²) in [5.74, 6) is -1.94. The molecular formula is C29H43N3O5. The number of aliphatic hydroxyl groups excluding tert-OH is 1. The van der Waals surface area contributed by atoms with Gasteiger partial charge in [0, 0.05) is 24.4 Å². The SMILES string of the molecule is CC(C)(C)CC(C)(C)NC(=O)C1N(CCCCCO)C(=O)[C@@H]2[C@H](C(=O)Nc3ccccc3)[C@@H]3CCC12O3. The zero-order chi connectivity index (χ0) is 27.0. The molecule has 3 N–H and O–H groups in total. The number of rotatable bonds is 10. The number of carbonyl (C=O) groups is 3. The summed E-state index contributed by atoms with van der Waals surface area (Å²) in [7, 11) is 0. The standard InChI is InChI=1S/C29H43N3O5/c1-27(2,3)18-28(4,5)31-25(35)23-29-15-14-20(37-29)21(24(34)30-19-12-8-6-9-13-19)22(29)26(36)32(23)16-10-7-11-17-33/h6,8-9,12-13,20-23,33H,7,10-11,14-18H2,1-5H3,(H,30,34)(H,31,35)/t20-,21+,22-,23?,29?/m0/s1. The van der Waals surface area contributed by atoms with E-state index in [0.29, 0.717) is 37.9 Å². The summed E-state index contributed by atoms with van der Waals surface area (Å²) in [6.07, 6.45) is 3.68. The van der Waals surface area contributed by atoms with Gasteiger partial charge in [0.2, 0.25) is 17.7 Å². The first kappa shape index (κ1) is 27.6. The summed E-state index contributed by atoms with van der Waals surface area (Å²) >= 11 is 0. The van der Waals surface area contributed by atoms with Gasteiger partial charge in [0.25, 0.3) is 0 Å². The van der Waals surface area contributed by atoms with Crippen molar-refractivity contribution in [1.29, 1.82) is 0 Å². The molecule has 2 unspecified atom stereocenters. The van der Waals surface area contributed by atoms with Crippen LogP contribution in [0.3, 0.4) is 0 Å². The molecule has 1 aromatic carbocycles. The van der Waals surface area contributed by atoms with Gasteiger partial charge in [-0.2, -0.15) is 0 Å². The van der Waals surface area contributed by atoms with Crippen molar-refractivity contribution in [3.8, 4) is 0 Å². The van der Waals surface area contributed by atoms with Crippen LogP contribution in [0.25, 0.3) is 0 Å². The van der Waals surface area contributed by atoms with E-state index in [9.17, 15) is 19.5 Å². The first-order chi connectivity index (χ1) is 17.4. The average Bonchev–Trinajstić information content (AvgIpc) is 3.43. The van der Waals surface area contributed by atoms with Crippen LogP contribution in [0.15, 0.2) is 30.3 Å². The fourth-order valence-corrected chi connectivity index (χ4v) is 7.08. The van der Waals surface area contributed by atoms with Crippen LogP contribution in [-0.2, 0) is 19.1 Å². The lowest BCUT2D eigenvalue weighted by Crippen LogP contribution is -2.59. The summed E-state index contributed by atoms with van der Waals surface area (Å²) < 4.78 is 6.51. The molecule has 3 aliphatic heterocycles. The lowest BCUT2D eigenvalue weighted by molar-refractivity contribution is -0.142. The Morgan fingerprint density at radius 3 is 2.43 bits per heavy atom. The molecule has 0 aliphatic carbocycles. The van der Waals surface area contributed by atoms with Crippen molar-refractivity contribution in [2.45, 2.75) is 96.4 Å². The molecule has 0 radical (unpaired) electrons. The van der Waals surface area contributed by atoms with Crippen LogP contribution in [0.5, 0.6) is 0 Å². The number of likely N-dealkylation sites (tertiary alicyclic amines) is 1. The van der Waals surface area contributed by atoms with Crippen LogP contribution >= 0.6 is 0 Å². The third-order valence-corrected chi connectivity index (χ3v) is 7.88. The van der Waals surface area contributed by atoms with Gasteiger partial charge in [0.15, 0.2) is 0 Å². The van der Waals surface area contributed by atoms with E-state index in [2.05, 4.69) is 31.4 Å². The highest BCUT2D eigenvalue weighted by Gasteiger charge is 2.74. The predicted octanol–water partition coefficient (Wildman–Crippen LogP) is 3.49. The number of nitrogens with one attached hydrogen (secondary N) is 2. The van der Waals surface area contributed by atoms with Crippen molar-refractivity contribution < 1.29 is 24.2 Å². The Kier molecular flexibility index (Phi) is 7.73. The summed E-state index contributed by atoms with van der Waals surface area (Å²) in [5.41, 5.74) is -0.792. The molecule has 2 bridgehead atoms. The molecular weight excluding hydrogens is 470 g/mol. The number of amides is 3. The van der Waals surface area contributed by atoms with Gasteiger partial charge in [-0.1, -0.05) is 39.0 Å². The normalized spacial score (nSPS) is 28.9. The number of para-hydroxylation sites is 1. The predicted molar refractivity (Wildman–Crippen MR) is 142 cm³/mol. The molecule has 0 aromatic heterocycles. The molecule has 8 nitrogen and oxygen atoms in total. The van der Waals surface area contributed by atoms with Crippen LogP contribution in [0, 0.1) is 17.3 Å². The van der Waals surface area contributed by atoms with Gasteiger partial charge in [0.1, 0.15) is 11.6 Å². The summed E-state index contributed by atoms with van der Waals surface area (Å²) in [6.45, 7) is 10.9. The number of anilines is 1. The van der Waals surface area contributed by atoms with Gasteiger partial charge in [-0.05, 0) is 69.9 Å². The van der Waals surface area contributed by atoms with Gasteiger partial charge in [-0.15, -0.1) is 0 Å². The Morgan fingerprint density at radius 1 is 1.08 bits per heavy atom. The maximum atomic E-state index is 14.0. The van der Waals surface area contributed by atoms with Gasteiger partial charge in [-0.25, -0.2) is 0 Å². The Morgan fingerprint density at radius 2 is 1.78 bits per heavy atom. The number of carbonyl (C=O) groups excluding carboxylic acids is 3. The van der Waals surface area contributed by atoms with E-state index >= 15 is 0 Å². The zero-order valence-corrected chi connectivity index (χ0v) is 22.9. The second-order valence-electron chi connectivity index (χ2n) is 12.8. The number of benzene rings is 1. The van der Waals surface area contributed by atoms with E-state index < -0.39 is 29.0 Å². The lowest BCUT2D eigenvalue weighted by atomic mass is 9.70. The Bertz CT molecular complexity index is 1000. The number of ether oxygens (including phenoxy) is 1. The number of fused-ring (bicyclic) bond motifs is 1. The molecule has 3 heterocycles. The molecule has 4 rings (SSSR count). The smallest absolute Gasteiger partial charge is 0.246 e. The molecule has 3 amide bonds. The molecule has 3 saturated heterocycles. The second kappa shape index (κ2) is 10.4. The van der Waals surface area contributed by atoms with Crippen LogP contribution in [0.1, 0.15) is 73.1 Å². The minimum atomic E-state index is -1.00. The number of unbranched alkanes of at least 4 members (excludes halogenated alkanes) is 2. The fourth-order valence-electron chi connectivity index (χ4n) is 7.08. The number of aliphatic hydroxyl groups is 1. The highest BCUT2D eigenvalue weighted by atomic mass is 16.5. The molecule has 5 atom stereocenters. The Hall–Kier alpha value is -2.45. The average molecular weight is 514 g/mol. The van der Waals surface area contributed by atoms with Crippen molar-refractivity contribution in [2.75, 3.05) is 18.5 Å². The summed E-state index contributed by atoms with van der Waals surface area (Å²) in [4.78, 5) is 43.0. The van der Waals surface area contributed by atoms with E-state index in [1.54, 1.807) is 4.90 Å². The fraction of sp³-hybridized carbons (Fsp3) is 0.690. The zero-order valence-electron chi connectivity index (χ0n) is 22.9. The van der Waals surface area contributed by atoms with Crippen molar-refractivity contribution in [1.82, 2.24) is 10.2 Å². The van der Waals surface area contributed by atoms with Crippen molar-refractivity contribution in [2.24, 2.45) is 17.3 Å². The minimum Gasteiger partial charge on any atom is -0.396 e. The topological polar surface area (TPSA) is 108 Å². The van der Waals surface area contributed by atoms with Gasteiger partial charge in [0.05, 0.1) is 17.9 Å². The van der Waals surface area contributed by atoms with E-state index in [0.717, 1.165) is 12.8 Å². The van der Waals surface area contributed by atoms with Crippen molar-refractivity contribution in [3.05, 3.63) is 30.3 Å². The maximum absolute atomic E-state index is 14.0. The highest BCUT2D eigenvalue weighted by molar-refractivity contribution is 6.02. The van der Waals surface area contributed by atoms with Crippen molar-refractivity contribution >= 4 is 23.4 Å². The van der Waals surface area contributed by atoms with E-state index in [1.807, 2.05) is 44.2 Å². The molecule has 37 heavy (non-hydrogen) atoms. The van der Waals surface area contributed by atoms with E-state index in [4.69, 9.17) is 4.74 Å². The highest BCUT2D eigenvalue weighted by Crippen LogP contribution is 2.58. The van der Waals surface area contributed by atoms with Gasteiger partial charge >= 0.3 is 0 Å². The van der Waals surface area contributed by atoms with Gasteiger partial charge in [-0.3, -0.25) is 14.4 Å². The van der Waals surface area contributed by atoms with Crippen LogP contribution in [0.2, 0.25) is 0 Å². The van der Waals surface area contributed by atoms with Crippen LogP contribution in [0.4, 0.5) is 5.69 Å². The maximum Gasteiger partial charge on any atom is 0.246 e. The number of nitrogens with zero attached hydrogens (tertiary/aromatic N) is 1. The van der Waals surface area contributed by atoms with Gasteiger partial charge < -0.3 is 25.4 Å². The lowest BCUT2D eigenvalue weighted by Gasteiger charge is -2.38. The summed E-state index contributed by atoms with van der Waals surface area (Å²) in [6, 6.07) is 8.44. The monoisotopic (exact) mass is 513 g/mol. The molecule has 3 fully saturated rings. The molecule has 8 heteroatoms. The van der Waals surface area contributed by atoms with Crippen LogP contribution in [-0.4, -0.2) is 64.2 Å². The largest absolute Gasteiger partial charge is 0.396 e. The summed E-state index contributed by atoms with van der Waals surface area (Å²) in [5, 5.41) is 15.4. The molecule has 0 saturated carbocycles. The third kappa shape index (κ3) is 5.55. The molecule has 3 aliphatic rings. The quantitative estimate of drug-likeness (QED) is 0.415. The van der Waals surface area contributed by atoms with Crippen molar-refractivity contribution in [3.63, 3.8) is 0 Å². The molecule has 1 spiro atoms. The van der Waals surface area contributed by atoms with E-state index in [-0.39, 0.29) is 35.8 Å². The third-order valence-electron chi connectivity index (χ3n) is 7.88. The Balaban J connectivity index is 1.62. The molecule has 204 valence electrons. The van der Waals surface area contributed by atoms with Crippen LogP contribution < -0.4 is 10.6 Å². The minimum absolute atomic E-state index is 0.00993. The van der Waals surface area contributed by atoms with E-state index in [1.165, 1.54) is 0 Å². The number of hydrogen-bond acceptors (Lipinski definition) is 5. The first-order valence-electron chi connectivity index (χ1n) is 13.7. The first-order valence-corrected chi connectivity index (χ1v) is 13.7. The molecule has 1 aromatic rings. The Labute approximate surface area is 220 Å².